The highest BCUT2D eigenvalue weighted by Gasteiger charge is 2.31. The molecule has 124 valence electrons. The molecule has 1 aliphatic carbocycles. The average Bonchev–Trinajstić information content (AvgIpc) is 3.25. The van der Waals surface area contributed by atoms with Gasteiger partial charge in [-0.05, 0) is 43.9 Å². The van der Waals surface area contributed by atoms with Crippen LogP contribution in [0.3, 0.4) is 0 Å². The first-order valence-corrected chi connectivity index (χ1v) is 8.78. The quantitative estimate of drug-likeness (QED) is 0.523. The molecule has 0 N–H and O–H groups in total. The van der Waals surface area contributed by atoms with Crippen LogP contribution in [0.25, 0.3) is 0 Å². The first-order valence-electron chi connectivity index (χ1n) is 8.78. The van der Waals surface area contributed by atoms with E-state index in [9.17, 15) is 4.79 Å². The van der Waals surface area contributed by atoms with Gasteiger partial charge >= 0.3 is 5.97 Å². The second kappa shape index (κ2) is 9.45. The van der Waals surface area contributed by atoms with Gasteiger partial charge in [0.1, 0.15) is 6.10 Å². The lowest BCUT2D eigenvalue weighted by Gasteiger charge is -2.31. The van der Waals surface area contributed by atoms with E-state index in [0.29, 0.717) is 18.3 Å². The van der Waals surface area contributed by atoms with E-state index >= 15 is 0 Å². The van der Waals surface area contributed by atoms with E-state index in [1.165, 1.54) is 19.3 Å². The fourth-order valence-electron chi connectivity index (χ4n) is 2.69. The molecule has 0 amide bonds. The molecule has 0 bridgehead atoms. The van der Waals surface area contributed by atoms with Crippen molar-refractivity contribution in [3.8, 4) is 0 Å². The molecular weight excluding hydrogens is 264 g/mol. The average molecular weight is 298 g/mol. The van der Waals surface area contributed by atoms with Crippen LogP contribution >= 0.6 is 0 Å². The number of carbonyl (C=O) groups excluding carboxylic acids is 1. The summed E-state index contributed by atoms with van der Waals surface area (Å²) < 4.78 is 11.7. The minimum atomic E-state index is -0.145. The fourth-order valence-corrected chi connectivity index (χ4v) is 2.69. The van der Waals surface area contributed by atoms with Crippen molar-refractivity contribution in [1.82, 2.24) is 0 Å². The van der Waals surface area contributed by atoms with Crippen molar-refractivity contribution in [2.24, 2.45) is 17.8 Å². The zero-order chi connectivity index (χ0) is 15.8. The molecule has 1 fully saturated rings. The number of hydrogen-bond acceptors (Lipinski definition) is 3. The zero-order valence-electron chi connectivity index (χ0n) is 14.6. The standard InChI is InChI=1S/C18H34O3/c1-6-16(11-8-13(3)4)18(20-12-15-9-10-15)14(5)21-17(19)7-2/h13-16,18H,6-12H2,1-5H3/t14?,16-,18?/m0/s1. The maximum Gasteiger partial charge on any atom is 0.305 e. The third-order valence-electron chi connectivity index (χ3n) is 4.39. The van der Waals surface area contributed by atoms with Gasteiger partial charge in [0.15, 0.2) is 0 Å². The van der Waals surface area contributed by atoms with Gasteiger partial charge in [-0.25, -0.2) is 0 Å². The minimum Gasteiger partial charge on any atom is -0.460 e. The van der Waals surface area contributed by atoms with Crippen molar-refractivity contribution >= 4 is 5.97 Å². The highest BCUT2D eigenvalue weighted by molar-refractivity contribution is 5.69. The van der Waals surface area contributed by atoms with E-state index in [4.69, 9.17) is 9.47 Å². The maximum absolute atomic E-state index is 11.6. The van der Waals surface area contributed by atoms with Crippen LogP contribution in [0.15, 0.2) is 0 Å². The summed E-state index contributed by atoms with van der Waals surface area (Å²) in [5.74, 6) is 1.80. The van der Waals surface area contributed by atoms with E-state index in [1.807, 2.05) is 13.8 Å². The van der Waals surface area contributed by atoms with E-state index in [-0.39, 0.29) is 18.2 Å². The van der Waals surface area contributed by atoms with Crippen LogP contribution < -0.4 is 0 Å². The predicted octanol–water partition coefficient (Wildman–Crippen LogP) is 4.59. The molecule has 0 heterocycles. The normalized spacial score (nSPS) is 19.3. The van der Waals surface area contributed by atoms with Crippen LogP contribution in [0.4, 0.5) is 0 Å². The molecule has 0 aromatic rings. The Morgan fingerprint density at radius 3 is 2.29 bits per heavy atom. The summed E-state index contributed by atoms with van der Waals surface area (Å²) in [5.41, 5.74) is 0. The molecule has 0 aromatic heterocycles. The van der Waals surface area contributed by atoms with Crippen LogP contribution in [-0.2, 0) is 14.3 Å². The first-order chi connectivity index (χ1) is 9.97. The van der Waals surface area contributed by atoms with Crippen molar-refractivity contribution in [2.75, 3.05) is 6.61 Å². The molecule has 2 unspecified atom stereocenters. The van der Waals surface area contributed by atoms with Crippen molar-refractivity contribution in [3.63, 3.8) is 0 Å². The first kappa shape index (κ1) is 18.5. The summed E-state index contributed by atoms with van der Waals surface area (Å²) in [5, 5.41) is 0. The molecule has 1 aliphatic rings. The summed E-state index contributed by atoms with van der Waals surface area (Å²) in [7, 11) is 0. The molecule has 3 nitrogen and oxygen atoms in total. The summed E-state index contributed by atoms with van der Waals surface area (Å²) in [6.07, 6.45) is 6.35. The van der Waals surface area contributed by atoms with E-state index < -0.39 is 0 Å². The van der Waals surface area contributed by atoms with E-state index in [2.05, 4.69) is 20.8 Å². The van der Waals surface area contributed by atoms with Gasteiger partial charge in [-0.1, -0.05) is 40.5 Å². The third-order valence-corrected chi connectivity index (χ3v) is 4.39. The summed E-state index contributed by atoms with van der Waals surface area (Å²) >= 11 is 0. The second-order valence-corrected chi connectivity index (χ2v) is 6.93. The SMILES string of the molecule is CCC(=O)OC(C)C(OCC1CC1)[C@@H](CC)CCC(C)C. The predicted molar refractivity (Wildman–Crippen MR) is 86.2 cm³/mol. The molecule has 0 aliphatic heterocycles. The fraction of sp³-hybridized carbons (Fsp3) is 0.944. The molecule has 1 rings (SSSR count). The van der Waals surface area contributed by atoms with Gasteiger partial charge in [-0.3, -0.25) is 4.79 Å². The van der Waals surface area contributed by atoms with Crippen molar-refractivity contribution in [3.05, 3.63) is 0 Å². The molecule has 0 spiro atoms. The summed E-state index contributed by atoms with van der Waals surface area (Å²) in [6, 6.07) is 0. The molecule has 0 radical (unpaired) electrons. The van der Waals surface area contributed by atoms with Gasteiger partial charge in [0.05, 0.1) is 6.10 Å². The van der Waals surface area contributed by atoms with Gasteiger partial charge in [0.25, 0.3) is 0 Å². The molecule has 0 aromatic carbocycles. The monoisotopic (exact) mass is 298 g/mol. The van der Waals surface area contributed by atoms with Crippen LogP contribution in [-0.4, -0.2) is 24.8 Å². The smallest absolute Gasteiger partial charge is 0.305 e. The zero-order valence-corrected chi connectivity index (χ0v) is 14.6. The molecule has 21 heavy (non-hydrogen) atoms. The number of hydrogen-bond donors (Lipinski definition) is 0. The Morgan fingerprint density at radius 2 is 1.81 bits per heavy atom. The second-order valence-electron chi connectivity index (χ2n) is 6.93. The Balaban J connectivity index is 2.59. The number of ether oxygens (including phenoxy) is 2. The third kappa shape index (κ3) is 7.30. The van der Waals surface area contributed by atoms with Gasteiger partial charge in [0.2, 0.25) is 0 Å². The summed E-state index contributed by atoms with van der Waals surface area (Å²) in [6.45, 7) is 11.4. The van der Waals surface area contributed by atoms with Crippen molar-refractivity contribution < 1.29 is 14.3 Å². The molecule has 0 saturated heterocycles. The van der Waals surface area contributed by atoms with Crippen LogP contribution in [0.5, 0.6) is 0 Å². The largest absolute Gasteiger partial charge is 0.460 e. The highest BCUT2D eigenvalue weighted by Crippen LogP contribution is 2.32. The van der Waals surface area contributed by atoms with Crippen LogP contribution in [0, 0.1) is 17.8 Å². The van der Waals surface area contributed by atoms with Gasteiger partial charge in [-0.15, -0.1) is 0 Å². The van der Waals surface area contributed by atoms with E-state index in [1.54, 1.807) is 0 Å². The molecule has 3 atom stereocenters. The number of carbonyl (C=O) groups is 1. The Labute approximate surface area is 130 Å². The van der Waals surface area contributed by atoms with Gasteiger partial charge < -0.3 is 9.47 Å². The Kier molecular flexibility index (Phi) is 8.31. The number of esters is 1. The van der Waals surface area contributed by atoms with Gasteiger partial charge in [-0.2, -0.15) is 0 Å². The van der Waals surface area contributed by atoms with Crippen LogP contribution in [0.1, 0.15) is 73.1 Å². The van der Waals surface area contributed by atoms with Crippen LogP contribution in [0.2, 0.25) is 0 Å². The van der Waals surface area contributed by atoms with Crippen molar-refractivity contribution in [2.45, 2.75) is 85.4 Å². The van der Waals surface area contributed by atoms with Crippen molar-refractivity contribution in [1.29, 1.82) is 0 Å². The topological polar surface area (TPSA) is 35.5 Å². The van der Waals surface area contributed by atoms with E-state index in [0.717, 1.165) is 25.4 Å². The van der Waals surface area contributed by atoms with Gasteiger partial charge in [0, 0.05) is 13.0 Å². The Morgan fingerprint density at radius 1 is 1.14 bits per heavy atom. The maximum atomic E-state index is 11.6. The Hall–Kier alpha value is -0.570. The number of rotatable bonds is 11. The molecule has 1 saturated carbocycles. The molecule has 3 heteroatoms. The lowest BCUT2D eigenvalue weighted by atomic mass is 9.88. The lowest BCUT2D eigenvalue weighted by Crippen LogP contribution is -2.38. The summed E-state index contributed by atoms with van der Waals surface area (Å²) in [4.78, 5) is 11.6. The lowest BCUT2D eigenvalue weighted by molar-refractivity contribution is -0.159. The Bertz CT molecular complexity index is 297. The minimum absolute atomic E-state index is 0.0462. The molecular formula is C18H34O3. The highest BCUT2D eigenvalue weighted by atomic mass is 16.6.